The van der Waals surface area contributed by atoms with Gasteiger partial charge in [-0.05, 0) is 26.7 Å². The predicted molar refractivity (Wildman–Crippen MR) is 79.8 cm³/mol. The first-order chi connectivity index (χ1) is 8.94. The Morgan fingerprint density at radius 3 is 2.15 bits per heavy atom. The van der Waals surface area contributed by atoms with Crippen molar-refractivity contribution in [1.82, 2.24) is 9.80 Å². The first-order valence-electron chi connectivity index (χ1n) is 6.84. The maximum absolute atomic E-state index is 12.3. The molecule has 0 radical (unpaired) electrons. The molecule has 0 aromatic heterocycles. The molecule has 1 aliphatic rings. The fourth-order valence-corrected chi connectivity index (χ4v) is 2.28. The number of hydrogen-bond acceptors (Lipinski definition) is 4. The second-order valence-corrected chi connectivity index (χ2v) is 5.00. The normalized spacial score (nSPS) is 17.0. The molecule has 6 nitrogen and oxygen atoms in total. The fourth-order valence-electron chi connectivity index (χ4n) is 2.28. The molecule has 1 rings (SSSR count). The van der Waals surface area contributed by atoms with Gasteiger partial charge in [-0.1, -0.05) is 0 Å². The van der Waals surface area contributed by atoms with Crippen LogP contribution < -0.4 is 5.73 Å². The zero-order valence-electron chi connectivity index (χ0n) is 12.6. The van der Waals surface area contributed by atoms with Crippen LogP contribution in [0.5, 0.6) is 0 Å². The zero-order chi connectivity index (χ0) is 14.5. The van der Waals surface area contributed by atoms with E-state index < -0.39 is 5.54 Å². The lowest BCUT2D eigenvalue weighted by molar-refractivity contribution is -0.144. The predicted octanol–water partition coefficient (Wildman–Crippen LogP) is 0.243. The molecular formula is C13H26ClN3O3. The van der Waals surface area contributed by atoms with Crippen molar-refractivity contribution in [2.75, 3.05) is 39.9 Å². The zero-order valence-corrected chi connectivity index (χ0v) is 13.4. The summed E-state index contributed by atoms with van der Waals surface area (Å²) in [6, 6.07) is 0. The van der Waals surface area contributed by atoms with Gasteiger partial charge in [0, 0.05) is 33.4 Å². The van der Waals surface area contributed by atoms with E-state index in [-0.39, 0.29) is 30.8 Å². The molecule has 0 aliphatic carbocycles. The Bertz CT molecular complexity index is 329. The van der Waals surface area contributed by atoms with Gasteiger partial charge in [-0.25, -0.2) is 0 Å². The molecule has 0 spiro atoms. The van der Waals surface area contributed by atoms with Crippen LogP contribution in [0.3, 0.4) is 0 Å². The number of rotatable bonds is 5. The van der Waals surface area contributed by atoms with Crippen LogP contribution in [0.2, 0.25) is 0 Å². The number of carbonyl (C=O) groups is 2. The fraction of sp³-hybridized carbons (Fsp3) is 0.846. The second-order valence-electron chi connectivity index (χ2n) is 5.00. The molecule has 0 bridgehead atoms. The van der Waals surface area contributed by atoms with Gasteiger partial charge in [0.2, 0.25) is 11.8 Å². The van der Waals surface area contributed by atoms with Crippen molar-refractivity contribution in [1.29, 1.82) is 0 Å². The van der Waals surface area contributed by atoms with E-state index in [9.17, 15) is 9.59 Å². The molecule has 7 heteroatoms. The Kier molecular flexibility index (Phi) is 8.08. The Hall–Kier alpha value is -0.850. The van der Waals surface area contributed by atoms with Gasteiger partial charge < -0.3 is 20.3 Å². The summed E-state index contributed by atoms with van der Waals surface area (Å²) in [6.07, 6.45) is 1.02. The van der Waals surface area contributed by atoms with Crippen molar-refractivity contribution in [3.63, 3.8) is 0 Å². The molecule has 20 heavy (non-hydrogen) atoms. The van der Waals surface area contributed by atoms with Crippen LogP contribution in [-0.2, 0) is 14.3 Å². The van der Waals surface area contributed by atoms with Gasteiger partial charge in [0.05, 0.1) is 12.1 Å². The van der Waals surface area contributed by atoms with Crippen LogP contribution in [0.15, 0.2) is 0 Å². The Labute approximate surface area is 127 Å². The monoisotopic (exact) mass is 307 g/mol. The molecule has 1 aliphatic heterocycles. The van der Waals surface area contributed by atoms with Crippen LogP contribution in [0.4, 0.5) is 0 Å². The van der Waals surface area contributed by atoms with Crippen molar-refractivity contribution >= 4 is 24.2 Å². The maximum atomic E-state index is 12.3. The highest BCUT2D eigenvalue weighted by molar-refractivity contribution is 5.90. The number of ether oxygens (including phenoxy) is 1. The van der Waals surface area contributed by atoms with Crippen molar-refractivity contribution < 1.29 is 14.3 Å². The van der Waals surface area contributed by atoms with Gasteiger partial charge in [-0.3, -0.25) is 9.59 Å². The minimum atomic E-state index is -0.878. The van der Waals surface area contributed by atoms with E-state index in [0.717, 1.165) is 0 Å². The van der Waals surface area contributed by atoms with Crippen LogP contribution >= 0.6 is 12.4 Å². The van der Waals surface area contributed by atoms with Crippen LogP contribution in [-0.4, -0.2) is 67.0 Å². The van der Waals surface area contributed by atoms with E-state index in [4.69, 9.17) is 10.5 Å². The smallest absolute Gasteiger partial charge is 0.243 e. The summed E-state index contributed by atoms with van der Waals surface area (Å²) in [5, 5.41) is 0. The van der Waals surface area contributed by atoms with E-state index in [2.05, 4.69) is 0 Å². The molecule has 118 valence electrons. The highest BCUT2D eigenvalue weighted by atomic mass is 35.5. The third-order valence-electron chi connectivity index (χ3n) is 3.65. The van der Waals surface area contributed by atoms with E-state index in [1.807, 2.05) is 13.8 Å². The Morgan fingerprint density at radius 2 is 1.70 bits per heavy atom. The number of carbonyl (C=O) groups excluding carboxylic acids is 2. The molecule has 0 saturated carbocycles. The average Bonchev–Trinajstić information content (AvgIpc) is 2.40. The summed E-state index contributed by atoms with van der Waals surface area (Å²) in [6.45, 7) is 6.23. The van der Waals surface area contributed by atoms with Crippen molar-refractivity contribution in [2.24, 2.45) is 5.73 Å². The molecule has 2 N–H and O–H groups in total. The van der Waals surface area contributed by atoms with Crippen molar-refractivity contribution in [3.8, 4) is 0 Å². The third-order valence-corrected chi connectivity index (χ3v) is 3.65. The topological polar surface area (TPSA) is 75.9 Å². The van der Waals surface area contributed by atoms with Gasteiger partial charge in [0.1, 0.15) is 0 Å². The SMILES string of the molecule is CCN(CC)C(=O)CN(C)C(=O)C1(N)CCOCC1.Cl. The van der Waals surface area contributed by atoms with Gasteiger partial charge in [0.15, 0.2) is 0 Å². The summed E-state index contributed by atoms with van der Waals surface area (Å²) < 4.78 is 5.22. The molecule has 1 fully saturated rings. The largest absolute Gasteiger partial charge is 0.381 e. The van der Waals surface area contributed by atoms with E-state index >= 15 is 0 Å². The standard InChI is InChI=1S/C13H25N3O3.ClH/c1-4-16(5-2)11(17)10-15(3)12(18)13(14)6-8-19-9-7-13;/h4-10,14H2,1-3H3;1H. The highest BCUT2D eigenvalue weighted by Gasteiger charge is 2.38. The van der Waals surface area contributed by atoms with E-state index in [1.54, 1.807) is 11.9 Å². The van der Waals surface area contributed by atoms with Crippen molar-refractivity contribution in [2.45, 2.75) is 32.2 Å². The summed E-state index contributed by atoms with van der Waals surface area (Å²) in [7, 11) is 1.63. The van der Waals surface area contributed by atoms with E-state index in [0.29, 0.717) is 39.1 Å². The van der Waals surface area contributed by atoms with E-state index in [1.165, 1.54) is 4.90 Å². The number of amides is 2. The number of nitrogens with zero attached hydrogens (tertiary/aromatic N) is 2. The molecule has 0 aromatic rings. The molecule has 2 amide bonds. The lowest BCUT2D eigenvalue weighted by atomic mass is 9.90. The molecule has 1 heterocycles. The minimum Gasteiger partial charge on any atom is -0.381 e. The molecular weight excluding hydrogens is 282 g/mol. The molecule has 1 saturated heterocycles. The van der Waals surface area contributed by atoms with Crippen molar-refractivity contribution in [3.05, 3.63) is 0 Å². The summed E-state index contributed by atoms with van der Waals surface area (Å²) >= 11 is 0. The van der Waals surface area contributed by atoms with Gasteiger partial charge in [-0.2, -0.15) is 0 Å². The number of likely N-dealkylation sites (N-methyl/N-ethyl adjacent to an activating group) is 2. The number of halogens is 1. The first-order valence-corrected chi connectivity index (χ1v) is 6.84. The quantitative estimate of drug-likeness (QED) is 0.789. The lowest BCUT2D eigenvalue weighted by Crippen LogP contribution is -2.58. The summed E-state index contributed by atoms with van der Waals surface area (Å²) in [5.74, 6) is -0.215. The van der Waals surface area contributed by atoms with Crippen LogP contribution in [0.1, 0.15) is 26.7 Å². The number of nitrogens with two attached hydrogens (primary N) is 1. The van der Waals surface area contributed by atoms with Crippen LogP contribution in [0, 0.1) is 0 Å². The van der Waals surface area contributed by atoms with Gasteiger partial charge >= 0.3 is 0 Å². The lowest BCUT2D eigenvalue weighted by Gasteiger charge is -2.35. The average molecular weight is 308 g/mol. The molecule has 0 aromatic carbocycles. The Balaban J connectivity index is 0.00000361. The molecule has 0 atom stereocenters. The number of hydrogen-bond donors (Lipinski definition) is 1. The van der Waals surface area contributed by atoms with Gasteiger partial charge in [-0.15, -0.1) is 12.4 Å². The first kappa shape index (κ1) is 19.1. The molecule has 0 unspecified atom stereocenters. The summed E-state index contributed by atoms with van der Waals surface area (Å²) in [4.78, 5) is 27.4. The maximum Gasteiger partial charge on any atom is 0.243 e. The van der Waals surface area contributed by atoms with Crippen LogP contribution in [0.25, 0.3) is 0 Å². The Morgan fingerprint density at radius 1 is 1.20 bits per heavy atom. The van der Waals surface area contributed by atoms with Gasteiger partial charge in [0.25, 0.3) is 0 Å². The third kappa shape index (κ3) is 4.61. The summed E-state index contributed by atoms with van der Waals surface area (Å²) in [5.41, 5.74) is 5.25. The second kappa shape index (κ2) is 8.44. The minimum absolute atomic E-state index is 0. The highest BCUT2D eigenvalue weighted by Crippen LogP contribution is 2.19.